The Morgan fingerprint density at radius 2 is 0.469 bits per heavy atom. The molecule has 19 heteroatoms. The first kappa shape index (κ1) is 96.1. The molecule has 0 rings (SSSR count). The largest absolute Gasteiger partial charge is 0.472 e. The van der Waals surface area contributed by atoms with Crippen molar-refractivity contribution in [2.24, 2.45) is 5.92 Å². The molecular formula is C79H154O17P2. The van der Waals surface area contributed by atoms with Crippen molar-refractivity contribution in [1.82, 2.24) is 0 Å². The number of rotatable bonds is 79. The number of hydrogen-bond acceptors (Lipinski definition) is 15. The first-order valence-corrected chi connectivity index (χ1v) is 44.1. The summed E-state index contributed by atoms with van der Waals surface area (Å²) in [6.45, 7) is 7.19. The predicted octanol–water partition coefficient (Wildman–Crippen LogP) is 23.6. The average Bonchev–Trinajstić information content (AvgIpc) is 1.14. The van der Waals surface area contributed by atoms with Crippen LogP contribution in [0.25, 0.3) is 0 Å². The molecule has 17 nitrogen and oxygen atoms in total. The van der Waals surface area contributed by atoms with Crippen LogP contribution in [0, 0.1) is 5.92 Å². The molecule has 0 radical (unpaired) electrons. The van der Waals surface area contributed by atoms with E-state index in [9.17, 15) is 43.2 Å². The van der Waals surface area contributed by atoms with Crippen molar-refractivity contribution >= 4 is 39.5 Å². The maximum absolute atomic E-state index is 13.1. The van der Waals surface area contributed by atoms with Crippen LogP contribution in [0.3, 0.4) is 0 Å². The number of carbonyl (C=O) groups is 4. The molecule has 0 aromatic carbocycles. The summed E-state index contributed by atoms with van der Waals surface area (Å²) in [5.41, 5.74) is 0. The zero-order chi connectivity index (χ0) is 71.9. The van der Waals surface area contributed by atoms with Gasteiger partial charge in [0.05, 0.1) is 26.4 Å². The van der Waals surface area contributed by atoms with Crippen molar-refractivity contribution in [3.05, 3.63) is 0 Å². The lowest BCUT2D eigenvalue weighted by atomic mass is 10.0. The zero-order valence-corrected chi connectivity index (χ0v) is 65.7. The highest BCUT2D eigenvalue weighted by Gasteiger charge is 2.30. The summed E-state index contributed by atoms with van der Waals surface area (Å²) >= 11 is 0. The Kier molecular flexibility index (Phi) is 70.6. The monoisotopic (exact) mass is 1440 g/mol. The topological polar surface area (TPSA) is 237 Å². The SMILES string of the molecule is CCCCCCCCCCCCCCCCCCCCCCCC(=O)O[C@H](COC(=O)CCCCCCCCCCCCCCCCCCCCCC)COP(=O)(O)OC[C@@H](O)COP(=O)(O)OC[C@@H](COC(=O)CCCCCCCCC)OC(=O)CCCCCCCCCC(C)C. The van der Waals surface area contributed by atoms with Crippen LogP contribution in [0.15, 0.2) is 0 Å². The fourth-order valence-electron chi connectivity index (χ4n) is 12.2. The Hall–Kier alpha value is -1.94. The molecular weight excluding hydrogens is 1280 g/mol. The number of unbranched alkanes of at least 4 members (excludes halogenated alkanes) is 51. The third-order valence-corrected chi connectivity index (χ3v) is 20.4. The van der Waals surface area contributed by atoms with Crippen LogP contribution in [-0.2, 0) is 65.4 Å². The van der Waals surface area contributed by atoms with Gasteiger partial charge in [-0.2, -0.15) is 0 Å². The number of aliphatic hydroxyl groups excluding tert-OH is 1. The van der Waals surface area contributed by atoms with Gasteiger partial charge in [-0.05, 0) is 31.6 Å². The first-order valence-electron chi connectivity index (χ1n) is 41.1. The van der Waals surface area contributed by atoms with E-state index in [0.717, 1.165) is 103 Å². The standard InChI is InChI=1S/C79H154O17P2/c1-6-9-12-15-18-20-22-24-26-28-30-32-34-36-38-40-42-44-49-54-59-64-78(83)95-75(69-90-77(82)63-58-53-48-43-41-39-37-35-33-31-29-27-25-23-21-19-16-13-10-7-2)71-94-98(87,88)92-67-73(80)66-91-97(85,86)93-70-74(68-89-76(81)62-57-52-46-17-14-11-8-3)96-79(84)65-60-55-50-45-47-51-56-61-72(4)5/h72-75,80H,6-71H2,1-5H3,(H,85,86)(H,87,88)/t73-,74+,75+/m0/s1. The fraction of sp³-hybridized carbons (Fsp3) is 0.949. The predicted molar refractivity (Wildman–Crippen MR) is 400 cm³/mol. The second kappa shape index (κ2) is 72.0. The van der Waals surface area contributed by atoms with E-state index < -0.39 is 97.5 Å². The molecule has 0 aromatic heterocycles. The summed E-state index contributed by atoms with van der Waals surface area (Å²) in [5, 5.41) is 10.6. The van der Waals surface area contributed by atoms with Crippen molar-refractivity contribution in [3.63, 3.8) is 0 Å². The molecule has 0 aliphatic carbocycles. The molecule has 0 saturated carbocycles. The zero-order valence-electron chi connectivity index (χ0n) is 63.9. The van der Waals surface area contributed by atoms with Gasteiger partial charge in [0.2, 0.25) is 0 Å². The van der Waals surface area contributed by atoms with E-state index >= 15 is 0 Å². The molecule has 2 unspecified atom stereocenters. The molecule has 0 fully saturated rings. The molecule has 0 heterocycles. The number of ether oxygens (including phenoxy) is 4. The molecule has 582 valence electrons. The third kappa shape index (κ3) is 72.4. The van der Waals surface area contributed by atoms with E-state index in [-0.39, 0.29) is 25.7 Å². The molecule has 98 heavy (non-hydrogen) atoms. The van der Waals surface area contributed by atoms with Gasteiger partial charge in [-0.15, -0.1) is 0 Å². The van der Waals surface area contributed by atoms with Crippen LogP contribution >= 0.6 is 15.6 Å². The number of hydrogen-bond donors (Lipinski definition) is 3. The van der Waals surface area contributed by atoms with E-state index in [1.54, 1.807) is 0 Å². The second-order valence-electron chi connectivity index (χ2n) is 28.9. The van der Waals surface area contributed by atoms with Gasteiger partial charge in [0.1, 0.15) is 19.3 Å². The van der Waals surface area contributed by atoms with Crippen molar-refractivity contribution in [2.75, 3.05) is 39.6 Å². The lowest BCUT2D eigenvalue weighted by Gasteiger charge is -2.21. The molecule has 0 aliphatic heterocycles. The van der Waals surface area contributed by atoms with Crippen molar-refractivity contribution in [2.45, 2.75) is 438 Å². The van der Waals surface area contributed by atoms with Crippen LogP contribution in [0.2, 0.25) is 0 Å². The minimum atomic E-state index is -4.96. The molecule has 5 atom stereocenters. The number of phosphoric acid groups is 2. The van der Waals surface area contributed by atoms with Gasteiger partial charge in [-0.1, -0.05) is 369 Å². The summed E-state index contributed by atoms with van der Waals surface area (Å²) in [6, 6.07) is 0. The maximum atomic E-state index is 13.1. The van der Waals surface area contributed by atoms with Crippen molar-refractivity contribution in [3.8, 4) is 0 Å². The van der Waals surface area contributed by atoms with E-state index in [0.29, 0.717) is 31.6 Å². The van der Waals surface area contributed by atoms with Crippen LogP contribution < -0.4 is 0 Å². The van der Waals surface area contributed by atoms with Gasteiger partial charge in [-0.3, -0.25) is 37.3 Å². The van der Waals surface area contributed by atoms with Gasteiger partial charge in [0, 0.05) is 25.7 Å². The van der Waals surface area contributed by atoms with E-state index in [4.69, 9.17) is 37.0 Å². The van der Waals surface area contributed by atoms with E-state index in [1.807, 2.05) is 0 Å². The number of phosphoric ester groups is 2. The van der Waals surface area contributed by atoms with Crippen LogP contribution in [0.4, 0.5) is 0 Å². The van der Waals surface area contributed by atoms with Crippen LogP contribution in [0.5, 0.6) is 0 Å². The first-order chi connectivity index (χ1) is 47.5. The van der Waals surface area contributed by atoms with Crippen LogP contribution in [-0.4, -0.2) is 96.7 Å². The highest BCUT2D eigenvalue weighted by Crippen LogP contribution is 2.45. The van der Waals surface area contributed by atoms with Gasteiger partial charge >= 0.3 is 39.5 Å². The average molecular weight is 1440 g/mol. The number of esters is 4. The third-order valence-electron chi connectivity index (χ3n) is 18.5. The molecule has 0 bridgehead atoms. The summed E-state index contributed by atoms with van der Waals surface area (Å²) in [5.74, 6) is -1.42. The summed E-state index contributed by atoms with van der Waals surface area (Å²) in [6.07, 6.45) is 63.0. The smallest absolute Gasteiger partial charge is 0.462 e. The molecule has 0 aliphatic rings. The van der Waals surface area contributed by atoms with E-state index in [1.165, 1.54) is 231 Å². The van der Waals surface area contributed by atoms with Crippen molar-refractivity contribution in [1.29, 1.82) is 0 Å². The highest BCUT2D eigenvalue weighted by atomic mass is 31.2. The highest BCUT2D eigenvalue weighted by molar-refractivity contribution is 7.47. The Bertz CT molecular complexity index is 1870. The van der Waals surface area contributed by atoms with Gasteiger partial charge in [0.15, 0.2) is 12.2 Å². The number of aliphatic hydroxyl groups is 1. The quantitative estimate of drug-likeness (QED) is 0.0222. The molecule has 0 spiro atoms. The molecule has 3 N–H and O–H groups in total. The Labute approximate surface area is 600 Å². The van der Waals surface area contributed by atoms with Gasteiger partial charge in [-0.25, -0.2) is 9.13 Å². The van der Waals surface area contributed by atoms with Gasteiger partial charge in [0.25, 0.3) is 0 Å². The number of carbonyl (C=O) groups excluding carboxylic acids is 4. The maximum Gasteiger partial charge on any atom is 0.472 e. The summed E-state index contributed by atoms with van der Waals surface area (Å²) in [7, 11) is -9.91. The molecule has 0 aromatic rings. The molecule has 0 saturated heterocycles. The Morgan fingerprint density at radius 1 is 0.276 bits per heavy atom. The van der Waals surface area contributed by atoms with Crippen LogP contribution in [0.1, 0.15) is 420 Å². The van der Waals surface area contributed by atoms with E-state index in [2.05, 4.69) is 34.6 Å². The lowest BCUT2D eigenvalue weighted by Crippen LogP contribution is -2.30. The Morgan fingerprint density at radius 3 is 0.694 bits per heavy atom. The summed E-state index contributed by atoms with van der Waals surface area (Å²) in [4.78, 5) is 72.7. The fourth-order valence-corrected chi connectivity index (χ4v) is 13.8. The normalized spacial score (nSPS) is 13.9. The van der Waals surface area contributed by atoms with Gasteiger partial charge < -0.3 is 33.8 Å². The second-order valence-corrected chi connectivity index (χ2v) is 31.8. The Balaban J connectivity index is 5.13. The minimum Gasteiger partial charge on any atom is -0.462 e. The minimum absolute atomic E-state index is 0.104. The lowest BCUT2D eigenvalue weighted by molar-refractivity contribution is -0.161. The molecule has 0 amide bonds. The summed E-state index contributed by atoms with van der Waals surface area (Å²) < 4.78 is 68.4. The van der Waals surface area contributed by atoms with Crippen molar-refractivity contribution < 1.29 is 80.2 Å².